The molecule has 0 aliphatic rings. The predicted molar refractivity (Wildman–Crippen MR) is 103 cm³/mol. The monoisotopic (exact) mass is 321 g/mol. The maximum absolute atomic E-state index is 11.1. The fraction of sp³-hybridized carbons (Fsp3) is 0.273. The van der Waals surface area contributed by atoms with E-state index in [-0.39, 0.29) is 11.4 Å². The summed E-state index contributed by atoms with van der Waals surface area (Å²) in [5.41, 5.74) is 1.90. The van der Waals surface area contributed by atoms with Gasteiger partial charge >= 0.3 is 0 Å². The molecule has 2 rings (SSSR count). The standard InChI is InChI=1S/C22H27NO/c1-6-7-15-23(22(4,5)19-11-9-8-10-12-19)21(24)20-16-17(2)13-14-18(20)3/h6,8-14,16,24H,1,3,7,15H2,2,4-5H3/b21-20-. The molecule has 0 heterocycles. The van der Waals surface area contributed by atoms with Crippen LogP contribution in [0.15, 0.2) is 61.2 Å². The van der Waals surface area contributed by atoms with E-state index in [0.29, 0.717) is 6.54 Å². The number of aliphatic hydroxyl groups excluding tert-OH is 1. The summed E-state index contributed by atoms with van der Waals surface area (Å²) in [6, 6.07) is 16.2. The third-order valence-electron chi connectivity index (χ3n) is 4.47. The molecule has 0 aliphatic carbocycles. The SMILES string of the molecule is C=CCCN(/C(O)=c1\cc(C)ccc1=C)C(C)(C)c1ccccc1. The largest absolute Gasteiger partial charge is 0.494 e. The van der Waals surface area contributed by atoms with Gasteiger partial charge in [0.15, 0.2) is 5.88 Å². The van der Waals surface area contributed by atoms with Crippen molar-refractivity contribution in [2.75, 3.05) is 6.54 Å². The molecule has 2 heteroatoms. The van der Waals surface area contributed by atoms with E-state index in [9.17, 15) is 5.11 Å². The van der Waals surface area contributed by atoms with Gasteiger partial charge < -0.3 is 10.0 Å². The molecule has 0 unspecified atom stereocenters. The number of benzene rings is 2. The Morgan fingerprint density at radius 2 is 1.83 bits per heavy atom. The van der Waals surface area contributed by atoms with Crippen LogP contribution in [-0.2, 0) is 5.54 Å². The summed E-state index contributed by atoms with van der Waals surface area (Å²) in [7, 11) is 0. The molecule has 0 amide bonds. The molecule has 2 nitrogen and oxygen atoms in total. The van der Waals surface area contributed by atoms with Crippen LogP contribution < -0.4 is 10.4 Å². The van der Waals surface area contributed by atoms with Gasteiger partial charge in [-0.2, -0.15) is 0 Å². The van der Waals surface area contributed by atoms with Gasteiger partial charge in [-0.3, -0.25) is 0 Å². The van der Waals surface area contributed by atoms with E-state index in [4.69, 9.17) is 0 Å². The smallest absolute Gasteiger partial charge is 0.195 e. The number of aryl methyl sites for hydroxylation is 1. The third kappa shape index (κ3) is 3.70. The minimum atomic E-state index is -0.357. The summed E-state index contributed by atoms with van der Waals surface area (Å²) in [6.45, 7) is 14.8. The molecule has 0 saturated carbocycles. The molecule has 24 heavy (non-hydrogen) atoms. The van der Waals surface area contributed by atoms with Gasteiger partial charge in [0.1, 0.15) is 0 Å². The molecular formula is C22H27NO. The molecule has 0 bridgehead atoms. The van der Waals surface area contributed by atoms with E-state index >= 15 is 0 Å². The number of nitrogens with zero attached hydrogens (tertiary/aromatic N) is 1. The molecule has 1 N–H and O–H groups in total. The first-order valence-electron chi connectivity index (χ1n) is 8.31. The molecule has 2 aromatic carbocycles. The quantitative estimate of drug-likeness (QED) is 0.817. The van der Waals surface area contributed by atoms with Gasteiger partial charge in [-0.1, -0.05) is 60.7 Å². The van der Waals surface area contributed by atoms with E-state index in [1.807, 2.05) is 54.3 Å². The minimum absolute atomic E-state index is 0.263. The fourth-order valence-corrected chi connectivity index (χ4v) is 2.92. The zero-order valence-corrected chi connectivity index (χ0v) is 14.9. The first kappa shape index (κ1) is 17.9. The van der Waals surface area contributed by atoms with Crippen LogP contribution in [0.5, 0.6) is 0 Å². The van der Waals surface area contributed by atoms with E-state index in [0.717, 1.165) is 28.0 Å². The second-order valence-electron chi connectivity index (χ2n) is 6.64. The minimum Gasteiger partial charge on any atom is -0.494 e. The van der Waals surface area contributed by atoms with E-state index in [1.165, 1.54) is 0 Å². The predicted octanol–water partition coefficient (Wildman–Crippen LogP) is 3.84. The summed E-state index contributed by atoms with van der Waals surface area (Å²) in [5, 5.41) is 12.7. The molecule has 2 aromatic rings. The van der Waals surface area contributed by atoms with E-state index < -0.39 is 0 Å². The Bertz CT molecular complexity index is 806. The maximum Gasteiger partial charge on any atom is 0.195 e. The van der Waals surface area contributed by atoms with Crippen LogP contribution in [0.2, 0.25) is 0 Å². The Balaban J connectivity index is 2.62. The van der Waals surface area contributed by atoms with Crippen LogP contribution in [0.3, 0.4) is 0 Å². The second-order valence-corrected chi connectivity index (χ2v) is 6.64. The first-order valence-corrected chi connectivity index (χ1v) is 8.31. The zero-order valence-electron chi connectivity index (χ0n) is 14.9. The Morgan fingerprint density at radius 1 is 1.17 bits per heavy atom. The van der Waals surface area contributed by atoms with Crippen molar-refractivity contribution < 1.29 is 5.11 Å². The Morgan fingerprint density at radius 3 is 2.46 bits per heavy atom. The van der Waals surface area contributed by atoms with Crippen molar-refractivity contribution in [1.29, 1.82) is 0 Å². The molecule has 126 valence electrons. The number of aliphatic hydroxyl groups is 1. The summed E-state index contributed by atoms with van der Waals surface area (Å²) in [4.78, 5) is 2.04. The van der Waals surface area contributed by atoms with Gasteiger partial charge in [0.05, 0.1) is 5.54 Å². The number of hydrogen-bond acceptors (Lipinski definition) is 2. The highest BCUT2D eigenvalue weighted by Crippen LogP contribution is 2.30. The molecule has 0 aromatic heterocycles. The average Bonchev–Trinajstić information content (AvgIpc) is 2.57. The van der Waals surface area contributed by atoms with Crippen molar-refractivity contribution in [3.05, 3.63) is 82.8 Å². The van der Waals surface area contributed by atoms with Crippen molar-refractivity contribution in [3.63, 3.8) is 0 Å². The highest BCUT2D eigenvalue weighted by atomic mass is 16.3. The molecule has 0 spiro atoms. The summed E-state index contributed by atoms with van der Waals surface area (Å²) >= 11 is 0. The molecule has 0 radical (unpaired) electrons. The number of rotatable bonds is 6. The fourth-order valence-electron chi connectivity index (χ4n) is 2.92. The lowest BCUT2D eigenvalue weighted by atomic mass is 9.92. The summed E-state index contributed by atoms with van der Waals surface area (Å²) in [5.74, 6) is 0.263. The Kier molecular flexibility index (Phi) is 5.50. The topological polar surface area (TPSA) is 23.5 Å². The first-order chi connectivity index (χ1) is 11.4. The van der Waals surface area contributed by atoms with Gasteiger partial charge in [0.25, 0.3) is 0 Å². The van der Waals surface area contributed by atoms with Crippen LogP contribution in [0.4, 0.5) is 0 Å². The Labute approximate surface area is 145 Å². The molecule has 0 atom stereocenters. The van der Waals surface area contributed by atoms with Crippen LogP contribution in [0.25, 0.3) is 12.5 Å². The van der Waals surface area contributed by atoms with Crippen molar-refractivity contribution in [2.24, 2.45) is 0 Å². The normalized spacial score (nSPS) is 12.6. The lowest BCUT2D eigenvalue weighted by Gasteiger charge is -2.40. The van der Waals surface area contributed by atoms with Gasteiger partial charge in [-0.15, -0.1) is 6.58 Å². The van der Waals surface area contributed by atoms with E-state index in [1.54, 1.807) is 0 Å². The van der Waals surface area contributed by atoms with Gasteiger partial charge in [-0.25, -0.2) is 0 Å². The third-order valence-corrected chi connectivity index (χ3v) is 4.47. The summed E-state index contributed by atoms with van der Waals surface area (Å²) in [6.07, 6.45) is 2.67. The maximum atomic E-state index is 11.1. The lowest BCUT2D eigenvalue weighted by molar-refractivity contribution is 0.151. The molecule has 0 aliphatic heterocycles. The van der Waals surface area contributed by atoms with E-state index in [2.05, 4.69) is 39.1 Å². The van der Waals surface area contributed by atoms with Gasteiger partial charge in [0.2, 0.25) is 0 Å². The molecule has 0 saturated heterocycles. The van der Waals surface area contributed by atoms with Gasteiger partial charge in [0, 0.05) is 11.8 Å². The Hall–Kier alpha value is -2.48. The lowest BCUT2D eigenvalue weighted by Crippen LogP contribution is -2.44. The van der Waals surface area contributed by atoms with Crippen LogP contribution >= 0.6 is 0 Å². The number of hydrogen-bond donors (Lipinski definition) is 1. The van der Waals surface area contributed by atoms with Crippen molar-refractivity contribution >= 4 is 12.5 Å². The average molecular weight is 321 g/mol. The highest BCUT2D eigenvalue weighted by Gasteiger charge is 2.30. The van der Waals surface area contributed by atoms with Crippen molar-refractivity contribution in [3.8, 4) is 0 Å². The van der Waals surface area contributed by atoms with Crippen LogP contribution in [0, 0.1) is 6.92 Å². The second kappa shape index (κ2) is 7.39. The van der Waals surface area contributed by atoms with Crippen LogP contribution in [0.1, 0.15) is 31.4 Å². The highest BCUT2D eigenvalue weighted by molar-refractivity contribution is 5.40. The summed E-state index contributed by atoms with van der Waals surface area (Å²) < 4.78 is 0. The molecule has 0 fully saturated rings. The van der Waals surface area contributed by atoms with Gasteiger partial charge in [-0.05, 0) is 44.0 Å². The van der Waals surface area contributed by atoms with Crippen LogP contribution in [-0.4, -0.2) is 16.6 Å². The van der Waals surface area contributed by atoms with Crippen molar-refractivity contribution in [2.45, 2.75) is 32.7 Å². The molecular weight excluding hydrogens is 294 g/mol. The zero-order chi connectivity index (χ0) is 17.7. The van der Waals surface area contributed by atoms with Crippen molar-refractivity contribution in [1.82, 2.24) is 4.90 Å².